The van der Waals surface area contributed by atoms with Crippen LogP contribution in [0.5, 0.6) is 5.75 Å². The number of aromatic nitrogens is 1. The molecule has 0 unspecified atom stereocenters. The average molecular weight is 495 g/mol. The van der Waals surface area contributed by atoms with Crippen LogP contribution in [0.3, 0.4) is 0 Å². The Labute approximate surface area is 207 Å². The maximum Gasteiger partial charge on any atom is 0.321 e. The first-order valence-corrected chi connectivity index (χ1v) is 12.5. The molecule has 0 spiro atoms. The Morgan fingerprint density at radius 1 is 0.971 bits per heavy atom. The molecule has 0 fully saturated rings. The summed E-state index contributed by atoms with van der Waals surface area (Å²) in [6.07, 6.45) is 7.25. The van der Waals surface area contributed by atoms with Gasteiger partial charge in [0.15, 0.2) is 0 Å². The molecule has 2 aromatic carbocycles. The fraction of sp³-hybridized carbons (Fsp3) is 0.259. The molecule has 0 amide bonds. The summed E-state index contributed by atoms with van der Waals surface area (Å²) < 4.78 is 38.9. The predicted molar refractivity (Wildman–Crippen MR) is 136 cm³/mol. The third-order valence-electron chi connectivity index (χ3n) is 4.99. The molecular weight excluding hydrogens is 464 g/mol. The fourth-order valence-electron chi connectivity index (χ4n) is 3.33. The minimum atomic E-state index is -4.01. The van der Waals surface area contributed by atoms with E-state index in [1.54, 1.807) is 45.3 Å². The molecule has 8 heteroatoms. The molecule has 3 rings (SSSR count). The second-order valence-corrected chi connectivity index (χ2v) is 10.8. The average Bonchev–Trinajstić information content (AvgIpc) is 2.82. The van der Waals surface area contributed by atoms with Gasteiger partial charge in [-0.1, -0.05) is 36.4 Å². The monoisotopic (exact) mass is 494 g/mol. The molecule has 184 valence electrons. The van der Waals surface area contributed by atoms with Gasteiger partial charge in [0.05, 0.1) is 12.0 Å². The maximum absolute atomic E-state index is 13.6. The molecule has 0 atom stereocenters. The van der Waals surface area contributed by atoms with Crippen molar-refractivity contribution in [2.24, 2.45) is 0 Å². The van der Waals surface area contributed by atoms with Crippen molar-refractivity contribution in [2.75, 3.05) is 13.7 Å². The second kappa shape index (κ2) is 11.3. The van der Waals surface area contributed by atoms with E-state index in [0.29, 0.717) is 5.75 Å². The molecule has 1 heterocycles. The van der Waals surface area contributed by atoms with Crippen LogP contribution in [0.25, 0.3) is 12.2 Å². The Bertz CT molecular complexity index is 1260. The number of esters is 1. The fourth-order valence-corrected chi connectivity index (χ4v) is 4.69. The SMILES string of the molecule is COc1ccc(S(=O)(=O)N(CC(=O)OC(C)(C)C)Cc2ccccc2/C=C/c2ccncc2)cc1. The summed E-state index contributed by atoms with van der Waals surface area (Å²) in [5.41, 5.74) is 1.81. The van der Waals surface area contributed by atoms with E-state index in [-0.39, 0.29) is 11.4 Å². The highest BCUT2D eigenvalue weighted by Crippen LogP contribution is 2.24. The van der Waals surface area contributed by atoms with Crippen molar-refractivity contribution in [3.63, 3.8) is 0 Å². The van der Waals surface area contributed by atoms with Crippen LogP contribution in [0.4, 0.5) is 0 Å². The molecule has 0 saturated heterocycles. The molecule has 0 aliphatic carbocycles. The quantitative estimate of drug-likeness (QED) is 0.398. The largest absolute Gasteiger partial charge is 0.497 e. The van der Waals surface area contributed by atoms with E-state index in [2.05, 4.69) is 4.98 Å². The molecular formula is C27H30N2O5S. The van der Waals surface area contributed by atoms with E-state index in [1.165, 1.54) is 19.2 Å². The molecule has 3 aromatic rings. The Kier molecular flexibility index (Phi) is 8.43. The van der Waals surface area contributed by atoms with Gasteiger partial charge in [0.2, 0.25) is 10.0 Å². The zero-order valence-corrected chi connectivity index (χ0v) is 21.2. The van der Waals surface area contributed by atoms with Crippen LogP contribution in [0, 0.1) is 0 Å². The van der Waals surface area contributed by atoms with Gasteiger partial charge in [-0.05, 0) is 73.9 Å². The molecule has 0 radical (unpaired) electrons. The number of rotatable bonds is 9. The highest BCUT2D eigenvalue weighted by Gasteiger charge is 2.29. The van der Waals surface area contributed by atoms with Gasteiger partial charge in [0.1, 0.15) is 17.9 Å². The summed E-state index contributed by atoms with van der Waals surface area (Å²) in [7, 11) is -2.51. The van der Waals surface area contributed by atoms with E-state index in [1.807, 2.05) is 48.6 Å². The third-order valence-corrected chi connectivity index (χ3v) is 6.79. The van der Waals surface area contributed by atoms with Crippen molar-refractivity contribution in [3.8, 4) is 5.75 Å². The molecule has 0 aliphatic heterocycles. The molecule has 0 saturated carbocycles. The third kappa shape index (κ3) is 7.50. The summed E-state index contributed by atoms with van der Waals surface area (Å²) in [5, 5.41) is 0. The topological polar surface area (TPSA) is 85.8 Å². The number of nitrogens with zero attached hydrogens (tertiary/aromatic N) is 2. The number of hydrogen-bond acceptors (Lipinski definition) is 6. The van der Waals surface area contributed by atoms with E-state index in [0.717, 1.165) is 21.0 Å². The van der Waals surface area contributed by atoms with Gasteiger partial charge in [-0.2, -0.15) is 4.31 Å². The van der Waals surface area contributed by atoms with Crippen molar-refractivity contribution in [2.45, 2.75) is 37.8 Å². The lowest BCUT2D eigenvalue weighted by atomic mass is 10.1. The van der Waals surface area contributed by atoms with E-state index < -0.39 is 28.1 Å². The molecule has 1 aromatic heterocycles. The molecule has 7 nitrogen and oxygen atoms in total. The van der Waals surface area contributed by atoms with Crippen molar-refractivity contribution in [1.82, 2.24) is 9.29 Å². The zero-order valence-electron chi connectivity index (χ0n) is 20.3. The first-order chi connectivity index (χ1) is 16.6. The van der Waals surface area contributed by atoms with Crippen molar-refractivity contribution < 1.29 is 22.7 Å². The Morgan fingerprint density at radius 2 is 1.63 bits per heavy atom. The van der Waals surface area contributed by atoms with Gasteiger partial charge < -0.3 is 9.47 Å². The first-order valence-electron chi connectivity index (χ1n) is 11.1. The minimum Gasteiger partial charge on any atom is -0.497 e. The summed E-state index contributed by atoms with van der Waals surface area (Å²) in [5.74, 6) is -0.0892. The molecule has 0 aliphatic rings. The molecule has 0 N–H and O–H groups in total. The Hall–Kier alpha value is -3.49. The number of methoxy groups -OCH3 is 1. The van der Waals surface area contributed by atoms with Crippen molar-refractivity contribution in [3.05, 3.63) is 89.7 Å². The minimum absolute atomic E-state index is 0.00946. The first kappa shape index (κ1) is 26.1. The van der Waals surface area contributed by atoms with Crippen LogP contribution in [0.2, 0.25) is 0 Å². The number of pyridine rings is 1. The van der Waals surface area contributed by atoms with E-state index in [9.17, 15) is 13.2 Å². The van der Waals surface area contributed by atoms with Crippen molar-refractivity contribution in [1.29, 1.82) is 0 Å². The summed E-state index contributed by atoms with van der Waals surface area (Å²) in [4.78, 5) is 16.7. The highest BCUT2D eigenvalue weighted by molar-refractivity contribution is 7.89. The van der Waals surface area contributed by atoms with Gasteiger partial charge in [0.25, 0.3) is 0 Å². The Morgan fingerprint density at radius 3 is 2.26 bits per heavy atom. The summed E-state index contributed by atoms with van der Waals surface area (Å²) in [6, 6.07) is 17.3. The van der Waals surface area contributed by atoms with Gasteiger partial charge in [-0.3, -0.25) is 9.78 Å². The van der Waals surface area contributed by atoms with Gasteiger partial charge >= 0.3 is 5.97 Å². The number of carbonyl (C=O) groups excluding carboxylic acids is 1. The van der Waals surface area contributed by atoms with E-state index >= 15 is 0 Å². The number of sulfonamides is 1. The van der Waals surface area contributed by atoms with Crippen LogP contribution in [-0.4, -0.2) is 42.9 Å². The number of benzene rings is 2. The summed E-state index contributed by atoms with van der Waals surface area (Å²) in [6.45, 7) is 4.80. The summed E-state index contributed by atoms with van der Waals surface area (Å²) >= 11 is 0. The predicted octanol–water partition coefficient (Wildman–Crippen LogP) is 4.79. The zero-order chi connectivity index (χ0) is 25.5. The van der Waals surface area contributed by atoms with Crippen LogP contribution in [0.1, 0.15) is 37.5 Å². The van der Waals surface area contributed by atoms with Crippen LogP contribution in [-0.2, 0) is 26.1 Å². The van der Waals surface area contributed by atoms with E-state index in [4.69, 9.17) is 9.47 Å². The Balaban J connectivity index is 1.95. The number of hydrogen-bond donors (Lipinski definition) is 0. The van der Waals surface area contributed by atoms with Gasteiger partial charge in [-0.15, -0.1) is 0 Å². The lowest BCUT2D eigenvalue weighted by Gasteiger charge is -2.25. The number of carbonyl (C=O) groups is 1. The highest BCUT2D eigenvalue weighted by atomic mass is 32.2. The van der Waals surface area contributed by atoms with Crippen LogP contribution >= 0.6 is 0 Å². The lowest BCUT2D eigenvalue weighted by molar-refractivity contribution is -0.155. The second-order valence-electron chi connectivity index (χ2n) is 8.85. The van der Waals surface area contributed by atoms with Crippen molar-refractivity contribution >= 4 is 28.1 Å². The number of ether oxygens (including phenoxy) is 2. The standard InChI is InChI=1S/C27H30N2O5S/c1-27(2,3)34-26(30)20-29(35(31,32)25-13-11-24(33-4)12-14-25)19-23-8-6-5-7-22(23)10-9-21-15-17-28-18-16-21/h5-18H,19-20H2,1-4H3/b10-9+. The maximum atomic E-state index is 13.6. The smallest absolute Gasteiger partial charge is 0.321 e. The van der Waals surface area contributed by atoms with Gasteiger partial charge in [-0.25, -0.2) is 8.42 Å². The lowest BCUT2D eigenvalue weighted by Crippen LogP contribution is -2.38. The van der Waals surface area contributed by atoms with Crippen LogP contribution < -0.4 is 4.74 Å². The van der Waals surface area contributed by atoms with Gasteiger partial charge in [0, 0.05) is 18.9 Å². The molecule has 0 bridgehead atoms. The molecule has 35 heavy (non-hydrogen) atoms. The van der Waals surface area contributed by atoms with Crippen LogP contribution in [0.15, 0.2) is 78.0 Å². The normalized spacial score (nSPS) is 12.1.